The van der Waals surface area contributed by atoms with Gasteiger partial charge in [-0.05, 0) is 38.5 Å². The third kappa shape index (κ3) is 4.95. The SMILES string of the molecule is [CH]1CC/C=C\C=C\C/C=C/CC1. The van der Waals surface area contributed by atoms with Crippen molar-refractivity contribution in [3.8, 4) is 0 Å². The van der Waals surface area contributed by atoms with Crippen LogP contribution in [0, 0.1) is 6.42 Å². The van der Waals surface area contributed by atoms with Crippen LogP contribution < -0.4 is 0 Å². The van der Waals surface area contributed by atoms with Gasteiger partial charge in [0, 0.05) is 0 Å². The van der Waals surface area contributed by atoms with Gasteiger partial charge in [-0.25, -0.2) is 0 Å². The summed E-state index contributed by atoms with van der Waals surface area (Å²) in [4.78, 5) is 0. The van der Waals surface area contributed by atoms with Crippen molar-refractivity contribution in [3.05, 3.63) is 42.9 Å². The van der Waals surface area contributed by atoms with E-state index in [0.29, 0.717) is 0 Å². The first-order valence-corrected chi connectivity index (χ1v) is 4.78. The largest absolute Gasteiger partial charge is 0.0882 e. The zero-order chi connectivity index (χ0) is 8.49. The molecule has 0 nitrogen and oxygen atoms in total. The van der Waals surface area contributed by atoms with Crippen molar-refractivity contribution in [3.63, 3.8) is 0 Å². The molecule has 0 unspecified atom stereocenters. The lowest BCUT2D eigenvalue weighted by Crippen LogP contribution is -1.76. The molecule has 1 aliphatic rings. The van der Waals surface area contributed by atoms with Crippen molar-refractivity contribution in [1.82, 2.24) is 0 Å². The van der Waals surface area contributed by atoms with Crippen LogP contribution in [0.4, 0.5) is 0 Å². The van der Waals surface area contributed by atoms with Crippen molar-refractivity contribution in [2.24, 2.45) is 0 Å². The second-order valence-corrected chi connectivity index (χ2v) is 3.01. The summed E-state index contributed by atoms with van der Waals surface area (Å²) in [6, 6.07) is 0. The first-order chi connectivity index (χ1) is 6.00. The molecular formula is C12H17. The smallest absolute Gasteiger partial charge is 0.0166 e. The molecule has 0 atom stereocenters. The molecule has 0 aromatic heterocycles. The molecule has 12 heavy (non-hydrogen) atoms. The summed E-state index contributed by atoms with van der Waals surface area (Å²) in [5.74, 6) is 0. The topological polar surface area (TPSA) is 0 Å². The van der Waals surface area contributed by atoms with E-state index in [4.69, 9.17) is 0 Å². The van der Waals surface area contributed by atoms with E-state index in [1.54, 1.807) is 0 Å². The summed E-state index contributed by atoms with van der Waals surface area (Å²) in [7, 11) is 0. The van der Waals surface area contributed by atoms with Gasteiger partial charge in [0.2, 0.25) is 0 Å². The fourth-order valence-corrected chi connectivity index (χ4v) is 1.20. The van der Waals surface area contributed by atoms with Crippen molar-refractivity contribution >= 4 is 0 Å². The van der Waals surface area contributed by atoms with Gasteiger partial charge >= 0.3 is 0 Å². The maximum Gasteiger partial charge on any atom is -0.0166 e. The van der Waals surface area contributed by atoms with Gasteiger partial charge in [-0.15, -0.1) is 0 Å². The predicted octanol–water partition coefficient (Wildman–Crippen LogP) is 3.82. The zero-order valence-corrected chi connectivity index (χ0v) is 7.58. The van der Waals surface area contributed by atoms with Gasteiger partial charge in [-0.3, -0.25) is 0 Å². The van der Waals surface area contributed by atoms with Crippen LogP contribution in [-0.4, -0.2) is 0 Å². The monoisotopic (exact) mass is 161 g/mol. The maximum atomic E-state index is 2.38. The Labute approximate surface area is 75.7 Å². The van der Waals surface area contributed by atoms with Crippen molar-refractivity contribution in [2.75, 3.05) is 0 Å². The van der Waals surface area contributed by atoms with Gasteiger partial charge in [0.15, 0.2) is 0 Å². The van der Waals surface area contributed by atoms with E-state index in [2.05, 4.69) is 42.9 Å². The first kappa shape index (κ1) is 9.31. The van der Waals surface area contributed by atoms with Crippen LogP contribution in [0.15, 0.2) is 36.5 Å². The third-order valence-electron chi connectivity index (χ3n) is 1.90. The standard InChI is InChI=1S/C12H17/c1-2-4-6-8-10-12-11-9-7-5-3-1/h1-4,7,9-10H,5-6,8,11-12H2/b3-1+,4-2-,9-7+. The Bertz CT molecular complexity index is 172. The fraction of sp³-hybridized carbons (Fsp3) is 0.417. The molecule has 0 aromatic carbocycles. The third-order valence-corrected chi connectivity index (χ3v) is 1.90. The van der Waals surface area contributed by atoms with Crippen LogP contribution in [0.2, 0.25) is 0 Å². The lowest BCUT2D eigenvalue weighted by molar-refractivity contribution is 0.855. The Hall–Kier alpha value is -0.780. The second-order valence-electron chi connectivity index (χ2n) is 3.01. The van der Waals surface area contributed by atoms with Crippen molar-refractivity contribution in [1.29, 1.82) is 0 Å². The molecule has 0 heterocycles. The Morgan fingerprint density at radius 1 is 0.583 bits per heavy atom. The molecule has 1 aliphatic carbocycles. The molecule has 0 bridgehead atoms. The van der Waals surface area contributed by atoms with E-state index in [9.17, 15) is 0 Å². The molecule has 0 heteroatoms. The molecule has 1 radical (unpaired) electrons. The molecule has 0 amide bonds. The van der Waals surface area contributed by atoms with Crippen LogP contribution in [0.1, 0.15) is 32.1 Å². The number of rotatable bonds is 0. The predicted molar refractivity (Wildman–Crippen MR) is 54.8 cm³/mol. The van der Waals surface area contributed by atoms with Gasteiger partial charge in [0.25, 0.3) is 0 Å². The Balaban J connectivity index is 2.31. The molecule has 0 saturated heterocycles. The average Bonchev–Trinajstić information content (AvgIpc) is 2.05. The van der Waals surface area contributed by atoms with Gasteiger partial charge < -0.3 is 0 Å². The van der Waals surface area contributed by atoms with Gasteiger partial charge in [0.1, 0.15) is 0 Å². The first-order valence-electron chi connectivity index (χ1n) is 4.78. The minimum atomic E-state index is 1.07. The molecule has 65 valence electrons. The number of hydrogen-bond donors (Lipinski definition) is 0. The minimum absolute atomic E-state index is 1.07. The highest BCUT2D eigenvalue weighted by atomic mass is 13.9. The van der Waals surface area contributed by atoms with Crippen LogP contribution in [0.3, 0.4) is 0 Å². The van der Waals surface area contributed by atoms with Crippen LogP contribution >= 0.6 is 0 Å². The molecule has 0 spiro atoms. The summed E-state index contributed by atoms with van der Waals surface area (Å²) < 4.78 is 0. The fourth-order valence-electron chi connectivity index (χ4n) is 1.20. The van der Waals surface area contributed by atoms with E-state index in [1.807, 2.05) is 0 Å². The summed E-state index contributed by atoms with van der Waals surface area (Å²) >= 11 is 0. The van der Waals surface area contributed by atoms with E-state index in [-0.39, 0.29) is 0 Å². The number of hydrogen-bond acceptors (Lipinski definition) is 0. The maximum absolute atomic E-state index is 2.38. The van der Waals surface area contributed by atoms with Gasteiger partial charge in [-0.1, -0.05) is 36.5 Å². The van der Waals surface area contributed by atoms with Gasteiger partial charge in [0.05, 0.1) is 0 Å². The van der Waals surface area contributed by atoms with Crippen LogP contribution in [0.5, 0.6) is 0 Å². The Morgan fingerprint density at radius 2 is 1.33 bits per heavy atom. The highest BCUT2D eigenvalue weighted by molar-refractivity contribution is 5.05. The van der Waals surface area contributed by atoms with E-state index in [1.165, 1.54) is 25.7 Å². The highest BCUT2D eigenvalue weighted by Crippen LogP contribution is 2.04. The summed E-state index contributed by atoms with van der Waals surface area (Å²) in [5, 5.41) is 0. The summed E-state index contributed by atoms with van der Waals surface area (Å²) in [6.07, 6.45) is 21.5. The molecule has 0 aromatic rings. The summed E-state index contributed by atoms with van der Waals surface area (Å²) in [5.41, 5.74) is 0. The zero-order valence-electron chi connectivity index (χ0n) is 7.58. The minimum Gasteiger partial charge on any atom is -0.0882 e. The lowest BCUT2D eigenvalue weighted by Gasteiger charge is -1.95. The number of allylic oxidation sites excluding steroid dienone is 6. The van der Waals surface area contributed by atoms with Crippen molar-refractivity contribution in [2.45, 2.75) is 32.1 Å². The molecule has 0 N–H and O–H groups in total. The molecule has 0 saturated carbocycles. The second kappa shape index (κ2) is 6.90. The Kier molecular flexibility index (Phi) is 5.35. The average molecular weight is 161 g/mol. The summed E-state index contributed by atoms with van der Waals surface area (Å²) in [6.45, 7) is 0. The molecule has 1 rings (SSSR count). The molecular weight excluding hydrogens is 144 g/mol. The lowest BCUT2D eigenvalue weighted by atomic mass is 10.1. The molecule has 0 aliphatic heterocycles. The quantitative estimate of drug-likeness (QED) is 0.474. The van der Waals surface area contributed by atoms with Gasteiger partial charge in [-0.2, -0.15) is 0 Å². The Morgan fingerprint density at radius 3 is 2.25 bits per heavy atom. The molecule has 0 fully saturated rings. The van der Waals surface area contributed by atoms with E-state index >= 15 is 0 Å². The van der Waals surface area contributed by atoms with E-state index in [0.717, 1.165) is 6.42 Å². The van der Waals surface area contributed by atoms with Crippen LogP contribution in [0.25, 0.3) is 0 Å². The van der Waals surface area contributed by atoms with Crippen molar-refractivity contribution < 1.29 is 0 Å². The normalized spacial score (nSPS) is 28.0. The highest BCUT2D eigenvalue weighted by Gasteiger charge is 1.86. The van der Waals surface area contributed by atoms with Crippen LogP contribution in [-0.2, 0) is 0 Å². The van der Waals surface area contributed by atoms with E-state index < -0.39 is 0 Å².